The molecular formula is C42H28. The van der Waals surface area contributed by atoms with E-state index in [2.05, 4.69) is 170 Å². The van der Waals surface area contributed by atoms with Crippen LogP contribution in [0.3, 0.4) is 0 Å². The van der Waals surface area contributed by atoms with Gasteiger partial charge in [-0.25, -0.2) is 0 Å². The second kappa shape index (κ2) is 10.2. The summed E-state index contributed by atoms with van der Waals surface area (Å²) >= 11 is 0. The topological polar surface area (TPSA) is 0 Å². The fourth-order valence-electron chi connectivity index (χ4n) is 6.51. The maximum atomic E-state index is 2.36. The number of hydrogen-bond donors (Lipinski definition) is 0. The van der Waals surface area contributed by atoms with Crippen molar-refractivity contribution in [3.05, 3.63) is 170 Å². The van der Waals surface area contributed by atoms with Crippen LogP contribution in [0.1, 0.15) is 0 Å². The quantitative estimate of drug-likeness (QED) is 0.198. The van der Waals surface area contributed by atoms with E-state index in [-0.39, 0.29) is 0 Å². The molecule has 0 aliphatic heterocycles. The van der Waals surface area contributed by atoms with Gasteiger partial charge in [0.25, 0.3) is 0 Å². The summed E-state index contributed by atoms with van der Waals surface area (Å²) in [5.74, 6) is 0. The van der Waals surface area contributed by atoms with Gasteiger partial charge in [-0.15, -0.1) is 0 Å². The molecule has 0 saturated carbocycles. The normalized spacial score (nSPS) is 11.3. The highest BCUT2D eigenvalue weighted by atomic mass is 14.2. The molecule has 0 saturated heterocycles. The van der Waals surface area contributed by atoms with Gasteiger partial charge in [-0.3, -0.25) is 0 Å². The van der Waals surface area contributed by atoms with Crippen molar-refractivity contribution in [2.24, 2.45) is 0 Å². The van der Waals surface area contributed by atoms with E-state index in [1.165, 1.54) is 76.8 Å². The van der Waals surface area contributed by atoms with Gasteiger partial charge in [-0.1, -0.05) is 158 Å². The highest BCUT2D eigenvalue weighted by Crippen LogP contribution is 2.46. The second-order valence-electron chi connectivity index (χ2n) is 10.9. The molecule has 0 radical (unpaired) electrons. The van der Waals surface area contributed by atoms with Crippen LogP contribution in [0.2, 0.25) is 0 Å². The molecule has 196 valence electrons. The summed E-state index contributed by atoms with van der Waals surface area (Å²) < 4.78 is 0. The first kappa shape index (κ1) is 24.3. The number of benzene rings is 8. The van der Waals surface area contributed by atoms with Crippen LogP contribution in [-0.4, -0.2) is 0 Å². The first-order valence-corrected chi connectivity index (χ1v) is 14.5. The van der Waals surface area contributed by atoms with E-state index < -0.39 is 0 Å². The van der Waals surface area contributed by atoms with Gasteiger partial charge in [0.15, 0.2) is 0 Å². The molecule has 0 heterocycles. The van der Waals surface area contributed by atoms with Crippen LogP contribution < -0.4 is 0 Å². The summed E-state index contributed by atoms with van der Waals surface area (Å²) in [5, 5.41) is 7.59. The Morgan fingerprint density at radius 1 is 0.238 bits per heavy atom. The lowest BCUT2D eigenvalue weighted by Gasteiger charge is -2.20. The smallest absolute Gasteiger partial charge is 0.00201 e. The van der Waals surface area contributed by atoms with Crippen LogP contribution in [0.25, 0.3) is 76.8 Å². The third kappa shape index (κ3) is 4.08. The molecule has 8 aromatic rings. The minimum Gasteiger partial charge on any atom is -0.0622 e. The monoisotopic (exact) mass is 532 g/mol. The fraction of sp³-hybridized carbons (Fsp3) is 0. The maximum absolute atomic E-state index is 2.36. The summed E-state index contributed by atoms with van der Waals surface area (Å²) in [5.41, 5.74) is 10.0. The van der Waals surface area contributed by atoms with E-state index in [9.17, 15) is 0 Å². The SMILES string of the molecule is c1ccc(-c2ccc3cc(-c4c5ccccc5c(-c5ccccc5-c5ccccc5)c5ccccc45)ccc3c2)cc1. The summed E-state index contributed by atoms with van der Waals surface area (Å²) in [6.45, 7) is 0. The molecule has 0 nitrogen and oxygen atoms in total. The molecule has 0 atom stereocenters. The fourth-order valence-corrected chi connectivity index (χ4v) is 6.51. The van der Waals surface area contributed by atoms with Gasteiger partial charge < -0.3 is 0 Å². The van der Waals surface area contributed by atoms with Gasteiger partial charge in [-0.05, 0) is 89.0 Å². The standard InChI is InChI=1S/C42H28/c1-3-13-29(14-4-1)31-23-24-33-28-34(26-25-32(33)27-31)41-37-19-9-11-21-39(37)42(40-22-12-10-20-38(40)41)36-18-8-7-17-35(36)30-15-5-2-6-16-30/h1-28H. The molecule has 0 aliphatic rings. The Bertz CT molecular complexity index is 2170. The third-order valence-electron chi connectivity index (χ3n) is 8.45. The highest BCUT2D eigenvalue weighted by Gasteiger charge is 2.18. The van der Waals surface area contributed by atoms with Crippen molar-refractivity contribution in [3.63, 3.8) is 0 Å². The van der Waals surface area contributed by atoms with Crippen molar-refractivity contribution in [1.29, 1.82) is 0 Å². The van der Waals surface area contributed by atoms with E-state index in [1.54, 1.807) is 0 Å². The van der Waals surface area contributed by atoms with Crippen LogP contribution in [0.5, 0.6) is 0 Å². The van der Waals surface area contributed by atoms with Crippen LogP contribution >= 0.6 is 0 Å². The lowest BCUT2D eigenvalue weighted by molar-refractivity contribution is 1.61. The lowest BCUT2D eigenvalue weighted by atomic mass is 9.83. The van der Waals surface area contributed by atoms with Gasteiger partial charge in [0, 0.05) is 0 Å². The Kier molecular flexibility index (Phi) is 5.90. The first-order chi connectivity index (χ1) is 20.8. The maximum Gasteiger partial charge on any atom is -0.00201 e. The molecule has 0 amide bonds. The molecule has 0 heteroatoms. The Morgan fingerprint density at radius 2 is 0.667 bits per heavy atom. The van der Waals surface area contributed by atoms with E-state index in [4.69, 9.17) is 0 Å². The zero-order valence-electron chi connectivity index (χ0n) is 23.2. The third-order valence-corrected chi connectivity index (χ3v) is 8.45. The van der Waals surface area contributed by atoms with Crippen molar-refractivity contribution in [2.45, 2.75) is 0 Å². The molecule has 0 aliphatic carbocycles. The van der Waals surface area contributed by atoms with Gasteiger partial charge >= 0.3 is 0 Å². The Balaban J connectivity index is 1.38. The molecule has 0 N–H and O–H groups in total. The molecule has 0 bridgehead atoms. The molecule has 0 spiro atoms. The second-order valence-corrected chi connectivity index (χ2v) is 10.9. The van der Waals surface area contributed by atoms with Gasteiger partial charge in [0.05, 0.1) is 0 Å². The molecule has 8 aromatic carbocycles. The minimum atomic E-state index is 1.23. The Hall–Kier alpha value is -5.46. The number of hydrogen-bond acceptors (Lipinski definition) is 0. The van der Waals surface area contributed by atoms with Crippen LogP contribution in [0.15, 0.2) is 170 Å². The molecule has 8 rings (SSSR count). The van der Waals surface area contributed by atoms with Crippen LogP contribution in [-0.2, 0) is 0 Å². The summed E-state index contributed by atoms with van der Waals surface area (Å²) in [7, 11) is 0. The van der Waals surface area contributed by atoms with Crippen molar-refractivity contribution in [2.75, 3.05) is 0 Å². The van der Waals surface area contributed by atoms with Gasteiger partial charge in [-0.2, -0.15) is 0 Å². The highest BCUT2D eigenvalue weighted by molar-refractivity contribution is 6.22. The molecule has 42 heavy (non-hydrogen) atoms. The lowest BCUT2D eigenvalue weighted by Crippen LogP contribution is -1.92. The average Bonchev–Trinajstić information content (AvgIpc) is 3.07. The Morgan fingerprint density at radius 3 is 1.26 bits per heavy atom. The van der Waals surface area contributed by atoms with Crippen molar-refractivity contribution in [1.82, 2.24) is 0 Å². The number of fused-ring (bicyclic) bond motifs is 3. The van der Waals surface area contributed by atoms with E-state index in [0.717, 1.165) is 0 Å². The largest absolute Gasteiger partial charge is 0.0622 e. The summed E-state index contributed by atoms with van der Waals surface area (Å²) in [6.07, 6.45) is 0. The summed E-state index contributed by atoms with van der Waals surface area (Å²) in [4.78, 5) is 0. The van der Waals surface area contributed by atoms with Crippen LogP contribution in [0, 0.1) is 0 Å². The molecular weight excluding hydrogens is 504 g/mol. The number of rotatable bonds is 4. The molecule has 0 unspecified atom stereocenters. The van der Waals surface area contributed by atoms with Gasteiger partial charge in [0.2, 0.25) is 0 Å². The predicted molar refractivity (Wildman–Crippen MR) is 181 cm³/mol. The predicted octanol–water partition coefficient (Wildman–Crippen LogP) is 11.8. The van der Waals surface area contributed by atoms with Gasteiger partial charge in [0.1, 0.15) is 0 Å². The first-order valence-electron chi connectivity index (χ1n) is 14.5. The van der Waals surface area contributed by atoms with Crippen molar-refractivity contribution in [3.8, 4) is 44.5 Å². The summed E-state index contributed by atoms with van der Waals surface area (Å²) in [6, 6.07) is 61.7. The minimum absolute atomic E-state index is 1.23. The van der Waals surface area contributed by atoms with E-state index in [0.29, 0.717) is 0 Å². The Labute approximate surface area is 246 Å². The zero-order valence-corrected chi connectivity index (χ0v) is 23.2. The van der Waals surface area contributed by atoms with E-state index in [1.807, 2.05) is 0 Å². The van der Waals surface area contributed by atoms with E-state index >= 15 is 0 Å². The molecule has 0 fully saturated rings. The zero-order chi connectivity index (χ0) is 27.9. The van der Waals surface area contributed by atoms with Crippen molar-refractivity contribution >= 4 is 32.3 Å². The van der Waals surface area contributed by atoms with Crippen molar-refractivity contribution < 1.29 is 0 Å². The average molecular weight is 533 g/mol. The molecule has 0 aromatic heterocycles. The van der Waals surface area contributed by atoms with Crippen LogP contribution in [0.4, 0.5) is 0 Å².